The van der Waals surface area contributed by atoms with Crippen LogP contribution in [-0.2, 0) is 24.4 Å². The minimum absolute atomic E-state index is 0.0643. The first-order valence-corrected chi connectivity index (χ1v) is 16.0. The highest BCUT2D eigenvalue weighted by Gasteiger charge is 2.48. The topological polar surface area (TPSA) is 90.0 Å². The van der Waals surface area contributed by atoms with Gasteiger partial charge in [-0.25, -0.2) is 0 Å². The third-order valence-electron chi connectivity index (χ3n) is 8.48. The van der Waals surface area contributed by atoms with Gasteiger partial charge in [0.05, 0.1) is 0 Å². The van der Waals surface area contributed by atoms with Crippen molar-refractivity contribution >= 4 is 21.7 Å². The highest BCUT2D eigenvalue weighted by molar-refractivity contribution is 7.87. The molecular formula is C34H41NO6S. The van der Waals surface area contributed by atoms with Crippen LogP contribution in [0.4, 0.5) is 0 Å². The zero-order valence-corrected chi connectivity index (χ0v) is 26.3. The number of benzene rings is 2. The average molecular weight is 592 g/mol. The number of Topliss-reactive ketones (excluding diaryl/α,β-unsaturated/α-hetero) is 2. The normalized spacial score (nSPS) is 20.5. The van der Waals surface area contributed by atoms with E-state index in [2.05, 4.69) is 32.6 Å². The van der Waals surface area contributed by atoms with E-state index in [1.165, 1.54) is 12.1 Å². The second-order valence-corrected chi connectivity index (χ2v) is 15.0. The maximum atomic E-state index is 13.9. The molecule has 0 saturated heterocycles. The number of hydrogen-bond acceptors (Lipinski definition) is 7. The van der Waals surface area contributed by atoms with Gasteiger partial charge in [-0.3, -0.25) is 9.59 Å². The Morgan fingerprint density at radius 1 is 0.810 bits per heavy atom. The average Bonchev–Trinajstić information content (AvgIpc) is 2.88. The first-order valence-electron chi connectivity index (χ1n) is 14.6. The Labute approximate surface area is 249 Å². The first-order chi connectivity index (χ1) is 19.7. The lowest BCUT2D eigenvalue weighted by Crippen LogP contribution is -2.44. The quantitative estimate of drug-likeness (QED) is 0.256. The number of rotatable bonds is 8. The molecule has 0 bridgehead atoms. The Kier molecular flexibility index (Phi) is 8.00. The maximum absolute atomic E-state index is 13.9. The molecule has 42 heavy (non-hydrogen) atoms. The van der Waals surface area contributed by atoms with E-state index < -0.39 is 16.0 Å². The molecule has 2 aromatic carbocycles. The number of aryl methyl sites for hydroxylation is 1. The molecule has 7 nitrogen and oxygen atoms in total. The van der Waals surface area contributed by atoms with Gasteiger partial charge in [-0.15, -0.1) is 0 Å². The summed E-state index contributed by atoms with van der Waals surface area (Å²) in [6.45, 7) is 11.6. The van der Waals surface area contributed by atoms with Gasteiger partial charge in [0.1, 0.15) is 10.6 Å². The van der Waals surface area contributed by atoms with Crippen molar-refractivity contribution in [3.63, 3.8) is 0 Å². The lowest BCUT2D eigenvalue weighted by molar-refractivity contribution is -0.119. The van der Waals surface area contributed by atoms with Gasteiger partial charge in [-0.2, -0.15) is 8.42 Å². The fourth-order valence-corrected chi connectivity index (χ4v) is 7.54. The maximum Gasteiger partial charge on any atom is 0.339 e. The largest absolute Gasteiger partial charge is 0.385 e. The van der Waals surface area contributed by atoms with Crippen molar-refractivity contribution in [1.82, 2.24) is 4.90 Å². The van der Waals surface area contributed by atoms with Gasteiger partial charge in [0.25, 0.3) is 0 Å². The molecule has 0 saturated carbocycles. The van der Waals surface area contributed by atoms with Crippen LogP contribution in [0.5, 0.6) is 5.75 Å². The minimum Gasteiger partial charge on any atom is -0.385 e. The Morgan fingerprint density at radius 2 is 1.33 bits per heavy atom. The van der Waals surface area contributed by atoms with E-state index in [1.807, 2.05) is 6.92 Å². The summed E-state index contributed by atoms with van der Waals surface area (Å²) in [6.07, 6.45) is 3.07. The summed E-state index contributed by atoms with van der Waals surface area (Å²) in [5.41, 5.74) is 4.73. The highest BCUT2D eigenvalue weighted by Crippen LogP contribution is 2.54. The van der Waals surface area contributed by atoms with Crippen molar-refractivity contribution in [2.45, 2.75) is 77.5 Å². The molecule has 3 aliphatic rings. The number of carbonyl (C=O) groups excluding carboxylic acids is 2. The van der Waals surface area contributed by atoms with Crippen LogP contribution in [0.15, 0.2) is 76.0 Å². The number of nitrogens with zero attached hydrogens (tertiary/aromatic N) is 1. The van der Waals surface area contributed by atoms with Gasteiger partial charge in [-0.1, -0.05) is 57.5 Å². The summed E-state index contributed by atoms with van der Waals surface area (Å²) in [5, 5.41) is 0. The third-order valence-corrected chi connectivity index (χ3v) is 9.74. The Morgan fingerprint density at radius 3 is 1.83 bits per heavy atom. The molecule has 5 rings (SSSR count). The van der Waals surface area contributed by atoms with Crippen LogP contribution in [0.3, 0.4) is 0 Å². The van der Waals surface area contributed by atoms with Gasteiger partial charge < -0.3 is 13.8 Å². The smallest absolute Gasteiger partial charge is 0.339 e. The summed E-state index contributed by atoms with van der Waals surface area (Å²) >= 11 is 0. The van der Waals surface area contributed by atoms with Gasteiger partial charge in [-0.05, 0) is 66.8 Å². The van der Waals surface area contributed by atoms with E-state index in [-0.39, 0.29) is 33.0 Å². The molecule has 0 radical (unpaired) electrons. The molecule has 0 fully saturated rings. The Bertz CT molecular complexity index is 1510. The van der Waals surface area contributed by atoms with Crippen molar-refractivity contribution < 1.29 is 26.9 Å². The standard InChI is InChI=1S/C34H41NO6S/c1-22-8-14-25(15-9-22)42(38,39)41-24-12-10-23(11-13-24)30-31-26(18-33(2,3)20-28(31)36)35(16-7-17-40-6)27-19-34(4,5)21-29(37)32(27)30/h8-15,30H,7,16-21H2,1-6H3. The lowest BCUT2D eigenvalue weighted by atomic mass is 9.63. The second kappa shape index (κ2) is 11.1. The van der Waals surface area contributed by atoms with Crippen LogP contribution >= 0.6 is 0 Å². The number of methoxy groups -OCH3 is 1. The SMILES string of the molecule is COCCCN1C2=C(C(=O)CC(C)(C)C2)C(c2ccc(OS(=O)(=O)c3ccc(C)cc3)cc2)C2=C1CC(C)(C)CC2=O. The number of ketones is 2. The molecule has 2 aromatic rings. The number of ether oxygens (including phenoxy) is 1. The zero-order valence-electron chi connectivity index (χ0n) is 25.5. The van der Waals surface area contributed by atoms with Crippen molar-refractivity contribution in [3.8, 4) is 5.75 Å². The van der Waals surface area contributed by atoms with Crippen LogP contribution in [0, 0.1) is 17.8 Å². The lowest BCUT2D eigenvalue weighted by Gasteiger charge is -2.49. The molecule has 224 valence electrons. The van der Waals surface area contributed by atoms with E-state index in [9.17, 15) is 18.0 Å². The molecule has 8 heteroatoms. The third kappa shape index (κ3) is 5.97. The predicted molar refractivity (Wildman–Crippen MR) is 161 cm³/mol. The van der Waals surface area contributed by atoms with Crippen molar-refractivity contribution in [3.05, 3.63) is 82.2 Å². The van der Waals surface area contributed by atoms with Gasteiger partial charge in [0.15, 0.2) is 11.6 Å². The van der Waals surface area contributed by atoms with Crippen LogP contribution < -0.4 is 4.18 Å². The summed E-state index contributed by atoms with van der Waals surface area (Å²) in [5.74, 6) is -0.195. The van der Waals surface area contributed by atoms with E-state index in [1.54, 1.807) is 43.5 Å². The fraction of sp³-hybridized carbons (Fsp3) is 0.471. The van der Waals surface area contributed by atoms with Crippen molar-refractivity contribution in [2.24, 2.45) is 10.8 Å². The van der Waals surface area contributed by atoms with E-state index in [4.69, 9.17) is 8.92 Å². The summed E-state index contributed by atoms with van der Waals surface area (Å²) in [6, 6.07) is 13.3. The van der Waals surface area contributed by atoms with Crippen LogP contribution in [-0.4, -0.2) is 45.1 Å². The molecule has 1 heterocycles. The van der Waals surface area contributed by atoms with E-state index in [0.29, 0.717) is 37.1 Å². The zero-order chi connectivity index (χ0) is 30.4. The molecule has 0 aromatic heterocycles. The van der Waals surface area contributed by atoms with Crippen LogP contribution in [0.1, 0.15) is 76.8 Å². The number of hydrogen-bond donors (Lipinski definition) is 0. The minimum atomic E-state index is -4.01. The molecular weight excluding hydrogens is 550 g/mol. The van der Waals surface area contributed by atoms with Crippen LogP contribution in [0.25, 0.3) is 0 Å². The highest BCUT2D eigenvalue weighted by atomic mass is 32.2. The summed E-state index contributed by atoms with van der Waals surface area (Å²) in [7, 11) is -2.33. The Hall–Kier alpha value is -3.23. The summed E-state index contributed by atoms with van der Waals surface area (Å²) in [4.78, 5) is 30.1. The first kappa shape index (κ1) is 30.2. The van der Waals surface area contributed by atoms with Gasteiger partial charge in [0, 0.05) is 61.6 Å². The molecule has 0 spiro atoms. The predicted octanol–water partition coefficient (Wildman–Crippen LogP) is 6.48. The van der Waals surface area contributed by atoms with Gasteiger partial charge in [0.2, 0.25) is 0 Å². The van der Waals surface area contributed by atoms with E-state index in [0.717, 1.165) is 41.8 Å². The molecule has 2 aliphatic carbocycles. The fourth-order valence-electron chi connectivity index (χ4n) is 6.61. The molecule has 0 unspecified atom stereocenters. The van der Waals surface area contributed by atoms with E-state index >= 15 is 0 Å². The Balaban J connectivity index is 1.58. The monoisotopic (exact) mass is 591 g/mol. The number of allylic oxidation sites excluding steroid dienone is 4. The summed E-state index contributed by atoms with van der Waals surface area (Å²) < 4.78 is 36.6. The molecule has 0 amide bonds. The molecule has 0 atom stereocenters. The number of carbonyl (C=O) groups is 2. The van der Waals surface area contributed by atoms with Crippen molar-refractivity contribution in [1.29, 1.82) is 0 Å². The van der Waals surface area contributed by atoms with Crippen LogP contribution in [0.2, 0.25) is 0 Å². The molecule has 1 aliphatic heterocycles. The second-order valence-electron chi connectivity index (χ2n) is 13.5. The van der Waals surface area contributed by atoms with Crippen molar-refractivity contribution in [2.75, 3.05) is 20.3 Å². The molecule has 0 N–H and O–H groups in total. The van der Waals surface area contributed by atoms with Gasteiger partial charge >= 0.3 is 10.1 Å².